The Bertz CT molecular complexity index is 1080. The summed E-state index contributed by atoms with van der Waals surface area (Å²) in [6.45, 7) is 1.91. The zero-order valence-electron chi connectivity index (χ0n) is 16.6. The Morgan fingerprint density at radius 3 is 2.61 bits per heavy atom. The van der Waals surface area contributed by atoms with E-state index in [1.807, 2.05) is 19.1 Å². The van der Waals surface area contributed by atoms with Crippen LogP contribution in [0.25, 0.3) is 11.3 Å². The van der Waals surface area contributed by atoms with Crippen LogP contribution in [-0.4, -0.2) is 43.5 Å². The van der Waals surface area contributed by atoms with Gasteiger partial charge in [-0.3, -0.25) is 9.78 Å². The van der Waals surface area contributed by atoms with Gasteiger partial charge in [-0.2, -0.15) is 0 Å². The average molecular weight is 426 g/mol. The van der Waals surface area contributed by atoms with Gasteiger partial charge in [-0.1, -0.05) is 6.92 Å². The van der Waals surface area contributed by atoms with E-state index in [1.54, 1.807) is 24.5 Å². The summed E-state index contributed by atoms with van der Waals surface area (Å²) < 4.78 is 26.0. The van der Waals surface area contributed by atoms with E-state index < -0.39 is 24.2 Å². The van der Waals surface area contributed by atoms with E-state index in [-0.39, 0.29) is 18.3 Å². The summed E-state index contributed by atoms with van der Waals surface area (Å²) in [6, 6.07) is 8.57. The molecular weight excluding hydrogens is 406 g/mol. The van der Waals surface area contributed by atoms with Crippen molar-refractivity contribution in [3.63, 3.8) is 0 Å². The lowest BCUT2D eigenvalue weighted by atomic mass is 10.1. The highest BCUT2D eigenvalue weighted by molar-refractivity contribution is 5.94. The Balaban J connectivity index is 1.42. The highest BCUT2D eigenvalue weighted by atomic mass is 19.3. The Kier molecular flexibility index (Phi) is 5.55. The van der Waals surface area contributed by atoms with E-state index >= 15 is 0 Å². The molecule has 3 aromatic heterocycles. The van der Waals surface area contributed by atoms with E-state index in [9.17, 15) is 18.7 Å². The molecule has 3 heterocycles. The fraction of sp³-hybridized carbons (Fsp3) is 0.286. The molecule has 0 radical (unpaired) electrons. The van der Waals surface area contributed by atoms with Gasteiger partial charge in [0.25, 0.3) is 5.92 Å². The molecule has 10 heteroatoms. The molecule has 0 spiro atoms. The second-order valence-corrected chi connectivity index (χ2v) is 7.38. The van der Waals surface area contributed by atoms with E-state index in [4.69, 9.17) is 0 Å². The third-order valence-electron chi connectivity index (χ3n) is 4.93. The minimum absolute atomic E-state index is 0.0223. The fourth-order valence-electron chi connectivity index (χ4n) is 2.90. The number of nitrogens with one attached hydrogen (secondary N) is 2. The normalized spacial score (nSPS) is 17.6. The number of carbonyl (C=O) groups excluding carboxylic acids is 1. The standard InChI is InChI=1S/C21H20F2N6O2/c1-12(11-30)16-4-3-14(10-25-16)27-20-24-7-6-17(28-20)13-2-5-18(26-9-13)29-19(31)15-8-21(15,22)23/h2-7,9-10,12,15,30H,8,11H2,1H3,(H,24,27,28)(H,26,29,31). The lowest BCUT2D eigenvalue weighted by Gasteiger charge is -2.10. The second-order valence-electron chi connectivity index (χ2n) is 7.38. The first-order chi connectivity index (χ1) is 14.9. The molecule has 2 unspecified atom stereocenters. The molecule has 1 amide bonds. The van der Waals surface area contributed by atoms with Crippen molar-refractivity contribution >= 4 is 23.4 Å². The van der Waals surface area contributed by atoms with Crippen LogP contribution in [-0.2, 0) is 4.79 Å². The van der Waals surface area contributed by atoms with E-state index in [0.717, 1.165) is 5.69 Å². The predicted molar refractivity (Wildman–Crippen MR) is 110 cm³/mol. The SMILES string of the molecule is CC(CO)c1ccc(Nc2nccc(-c3ccc(NC(=O)C4CC4(F)F)nc3)n2)cn1. The number of alkyl halides is 2. The highest BCUT2D eigenvalue weighted by Crippen LogP contribution is 2.49. The molecule has 0 bridgehead atoms. The van der Waals surface area contributed by atoms with Crippen molar-refractivity contribution in [3.8, 4) is 11.3 Å². The summed E-state index contributed by atoms with van der Waals surface area (Å²) >= 11 is 0. The van der Waals surface area contributed by atoms with Crippen molar-refractivity contribution in [2.24, 2.45) is 5.92 Å². The molecule has 1 fully saturated rings. The number of amides is 1. The Labute approximate surface area is 176 Å². The molecule has 31 heavy (non-hydrogen) atoms. The van der Waals surface area contributed by atoms with Crippen molar-refractivity contribution in [1.29, 1.82) is 0 Å². The van der Waals surface area contributed by atoms with Gasteiger partial charge in [0.15, 0.2) is 0 Å². The van der Waals surface area contributed by atoms with Gasteiger partial charge in [0.1, 0.15) is 11.7 Å². The zero-order chi connectivity index (χ0) is 22.0. The molecule has 0 aromatic carbocycles. The smallest absolute Gasteiger partial charge is 0.260 e. The number of nitrogens with zero attached hydrogens (tertiary/aromatic N) is 4. The molecule has 0 saturated heterocycles. The highest BCUT2D eigenvalue weighted by Gasteiger charge is 2.61. The largest absolute Gasteiger partial charge is 0.396 e. The number of anilines is 3. The molecule has 160 valence electrons. The molecule has 4 rings (SSSR count). The molecule has 1 aliphatic rings. The molecule has 1 aliphatic carbocycles. The molecule has 2 atom stereocenters. The lowest BCUT2D eigenvalue weighted by molar-refractivity contribution is -0.119. The molecule has 8 nitrogen and oxygen atoms in total. The van der Waals surface area contributed by atoms with Crippen LogP contribution in [0.1, 0.15) is 25.0 Å². The summed E-state index contributed by atoms with van der Waals surface area (Å²) in [7, 11) is 0. The van der Waals surface area contributed by atoms with Crippen molar-refractivity contribution < 1.29 is 18.7 Å². The third kappa shape index (κ3) is 4.80. The van der Waals surface area contributed by atoms with Crippen LogP contribution >= 0.6 is 0 Å². The number of aromatic nitrogens is 4. The number of halogens is 2. The number of hydrogen-bond donors (Lipinski definition) is 3. The molecule has 3 aromatic rings. The molecule has 3 N–H and O–H groups in total. The summed E-state index contributed by atoms with van der Waals surface area (Å²) in [5.74, 6) is -4.41. The van der Waals surface area contributed by atoms with Crippen molar-refractivity contribution in [2.45, 2.75) is 25.2 Å². The lowest BCUT2D eigenvalue weighted by Crippen LogP contribution is -2.18. The summed E-state index contributed by atoms with van der Waals surface area (Å²) in [5, 5.41) is 14.7. The van der Waals surface area contributed by atoms with Crippen LogP contribution in [0.3, 0.4) is 0 Å². The van der Waals surface area contributed by atoms with Crippen LogP contribution in [0.5, 0.6) is 0 Å². The monoisotopic (exact) mass is 426 g/mol. The van der Waals surface area contributed by atoms with Gasteiger partial charge < -0.3 is 15.7 Å². The van der Waals surface area contributed by atoms with E-state index in [1.165, 1.54) is 12.3 Å². The van der Waals surface area contributed by atoms with Gasteiger partial charge in [-0.05, 0) is 30.3 Å². The van der Waals surface area contributed by atoms with E-state index in [0.29, 0.717) is 22.9 Å². The van der Waals surface area contributed by atoms with Gasteiger partial charge in [0.2, 0.25) is 11.9 Å². The van der Waals surface area contributed by atoms with Gasteiger partial charge in [-0.25, -0.2) is 23.7 Å². The van der Waals surface area contributed by atoms with Gasteiger partial charge in [0, 0.05) is 36.0 Å². The summed E-state index contributed by atoms with van der Waals surface area (Å²) in [5.41, 5.74) is 2.74. The van der Waals surface area contributed by atoms with Gasteiger partial charge in [0.05, 0.1) is 24.2 Å². The van der Waals surface area contributed by atoms with Crippen LogP contribution < -0.4 is 10.6 Å². The number of aliphatic hydroxyl groups excluding tert-OH is 1. The summed E-state index contributed by atoms with van der Waals surface area (Å²) in [4.78, 5) is 28.8. The van der Waals surface area contributed by atoms with Gasteiger partial charge in [-0.15, -0.1) is 0 Å². The third-order valence-corrected chi connectivity index (χ3v) is 4.93. The number of pyridine rings is 2. The van der Waals surface area contributed by atoms with Crippen LogP contribution in [0.2, 0.25) is 0 Å². The summed E-state index contributed by atoms with van der Waals surface area (Å²) in [6.07, 6.45) is 4.30. The fourth-order valence-corrected chi connectivity index (χ4v) is 2.90. The minimum Gasteiger partial charge on any atom is -0.396 e. The zero-order valence-corrected chi connectivity index (χ0v) is 16.6. The Morgan fingerprint density at radius 1 is 1.19 bits per heavy atom. The first-order valence-corrected chi connectivity index (χ1v) is 9.68. The number of hydrogen-bond acceptors (Lipinski definition) is 7. The maximum Gasteiger partial charge on any atom is 0.260 e. The quantitative estimate of drug-likeness (QED) is 0.531. The van der Waals surface area contributed by atoms with Crippen LogP contribution in [0.4, 0.5) is 26.2 Å². The number of aliphatic hydroxyl groups is 1. The van der Waals surface area contributed by atoms with Crippen molar-refractivity contribution in [1.82, 2.24) is 19.9 Å². The van der Waals surface area contributed by atoms with Crippen LogP contribution in [0, 0.1) is 5.92 Å². The minimum atomic E-state index is -2.92. The first-order valence-electron chi connectivity index (χ1n) is 9.68. The Morgan fingerprint density at radius 2 is 2.00 bits per heavy atom. The number of carbonyl (C=O) groups is 1. The maximum absolute atomic E-state index is 13.0. The van der Waals surface area contributed by atoms with Crippen molar-refractivity contribution in [3.05, 3.63) is 54.6 Å². The van der Waals surface area contributed by atoms with Gasteiger partial charge >= 0.3 is 0 Å². The van der Waals surface area contributed by atoms with Crippen LogP contribution in [0.15, 0.2) is 48.9 Å². The molecule has 1 saturated carbocycles. The molecule has 0 aliphatic heterocycles. The number of rotatable bonds is 7. The topological polar surface area (TPSA) is 113 Å². The maximum atomic E-state index is 13.0. The van der Waals surface area contributed by atoms with E-state index in [2.05, 4.69) is 30.6 Å². The Hall–Kier alpha value is -3.53. The molecular formula is C21H20F2N6O2. The predicted octanol–water partition coefficient (Wildman–Crippen LogP) is 3.37. The second kappa shape index (κ2) is 8.31. The van der Waals surface area contributed by atoms with Crippen molar-refractivity contribution in [2.75, 3.05) is 17.2 Å². The average Bonchev–Trinajstić information content (AvgIpc) is 3.43. The first kappa shape index (κ1) is 20.7.